The average Bonchev–Trinajstić information content (AvgIpc) is 2.85. The minimum atomic E-state index is 0.0991. The molecule has 100 valence electrons. The van der Waals surface area contributed by atoms with Gasteiger partial charge in [0.15, 0.2) is 0 Å². The fourth-order valence-corrected chi connectivity index (χ4v) is 2.68. The Hall–Kier alpha value is -0.980. The molecule has 1 aromatic heterocycles. The number of carbonyl (C=O) groups excluding carboxylic acids is 1. The summed E-state index contributed by atoms with van der Waals surface area (Å²) in [6.45, 7) is 3.02. The van der Waals surface area contributed by atoms with E-state index in [0.29, 0.717) is 19.1 Å². The highest BCUT2D eigenvalue weighted by molar-refractivity contribution is 7.09. The van der Waals surface area contributed by atoms with Gasteiger partial charge in [-0.2, -0.15) is 0 Å². The van der Waals surface area contributed by atoms with Crippen molar-refractivity contribution in [2.75, 3.05) is 26.2 Å². The summed E-state index contributed by atoms with van der Waals surface area (Å²) in [5.41, 5.74) is 5.83. The van der Waals surface area contributed by atoms with Crippen LogP contribution in [0.5, 0.6) is 0 Å². The lowest BCUT2D eigenvalue weighted by atomic mass is 10.1. The van der Waals surface area contributed by atoms with Gasteiger partial charge >= 0.3 is 0 Å². The molecule has 3 N–H and O–H groups in total. The Morgan fingerprint density at radius 3 is 3.00 bits per heavy atom. The summed E-state index contributed by atoms with van der Waals surface area (Å²) in [4.78, 5) is 18.1. The molecule has 6 heteroatoms. The second-order valence-corrected chi connectivity index (χ2v) is 5.62. The van der Waals surface area contributed by atoms with E-state index in [1.807, 2.05) is 5.38 Å². The van der Waals surface area contributed by atoms with Crippen molar-refractivity contribution in [2.45, 2.75) is 25.3 Å². The zero-order chi connectivity index (χ0) is 12.8. The highest BCUT2D eigenvalue weighted by atomic mass is 32.1. The van der Waals surface area contributed by atoms with Gasteiger partial charge in [-0.25, -0.2) is 4.98 Å². The molecule has 0 saturated carbocycles. The SMILES string of the molecule is NC1CCN(CC(=O)NCCc2nccs2)CC1. The maximum Gasteiger partial charge on any atom is 0.234 e. The number of carbonyl (C=O) groups is 1. The van der Waals surface area contributed by atoms with E-state index in [4.69, 9.17) is 5.73 Å². The van der Waals surface area contributed by atoms with Gasteiger partial charge in [0, 0.05) is 43.7 Å². The van der Waals surface area contributed by atoms with Crippen LogP contribution in [0.15, 0.2) is 11.6 Å². The third kappa shape index (κ3) is 4.36. The van der Waals surface area contributed by atoms with Crippen molar-refractivity contribution in [3.8, 4) is 0 Å². The van der Waals surface area contributed by atoms with Gasteiger partial charge in [0.1, 0.15) is 0 Å². The van der Waals surface area contributed by atoms with E-state index in [1.54, 1.807) is 17.5 Å². The Morgan fingerprint density at radius 1 is 1.56 bits per heavy atom. The summed E-state index contributed by atoms with van der Waals surface area (Å²) < 4.78 is 0. The van der Waals surface area contributed by atoms with Crippen LogP contribution in [0.4, 0.5) is 0 Å². The number of nitrogens with two attached hydrogens (primary N) is 1. The third-order valence-electron chi connectivity index (χ3n) is 3.14. The van der Waals surface area contributed by atoms with E-state index in [-0.39, 0.29) is 5.91 Å². The maximum absolute atomic E-state index is 11.7. The third-order valence-corrected chi connectivity index (χ3v) is 3.98. The molecular formula is C12H20N4OS. The summed E-state index contributed by atoms with van der Waals surface area (Å²) in [6.07, 6.45) is 4.59. The van der Waals surface area contributed by atoms with E-state index >= 15 is 0 Å². The smallest absolute Gasteiger partial charge is 0.234 e. The second kappa shape index (κ2) is 6.82. The number of hydrogen-bond acceptors (Lipinski definition) is 5. The van der Waals surface area contributed by atoms with E-state index in [9.17, 15) is 4.79 Å². The lowest BCUT2D eigenvalue weighted by molar-refractivity contribution is -0.122. The van der Waals surface area contributed by atoms with Gasteiger partial charge in [0.2, 0.25) is 5.91 Å². The molecule has 1 aliphatic heterocycles. The molecular weight excluding hydrogens is 248 g/mol. The molecule has 1 aliphatic rings. The summed E-state index contributed by atoms with van der Waals surface area (Å²) in [7, 11) is 0. The van der Waals surface area contributed by atoms with Crippen molar-refractivity contribution in [3.05, 3.63) is 16.6 Å². The average molecular weight is 268 g/mol. The predicted octanol–water partition coefficient (Wildman–Crippen LogP) is 0.225. The van der Waals surface area contributed by atoms with Crippen LogP contribution in [-0.4, -0.2) is 48.0 Å². The molecule has 0 aliphatic carbocycles. The molecule has 0 bridgehead atoms. The molecule has 18 heavy (non-hydrogen) atoms. The minimum absolute atomic E-state index is 0.0991. The lowest BCUT2D eigenvalue weighted by Crippen LogP contribution is -2.44. The standard InChI is InChI=1S/C12H20N4OS/c13-10-2-6-16(7-3-10)9-11(17)14-4-1-12-15-5-8-18-12/h5,8,10H,1-4,6-7,9,13H2,(H,14,17). The number of likely N-dealkylation sites (tertiary alicyclic amines) is 1. The molecule has 0 aromatic carbocycles. The molecule has 2 rings (SSSR count). The molecule has 5 nitrogen and oxygen atoms in total. The maximum atomic E-state index is 11.7. The molecule has 1 fully saturated rings. The van der Waals surface area contributed by atoms with Gasteiger partial charge in [-0.1, -0.05) is 0 Å². The molecule has 1 aromatic rings. The predicted molar refractivity (Wildman–Crippen MR) is 72.5 cm³/mol. The number of aromatic nitrogens is 1. The van der Waals surface area contributed by atoms with Crippen LogP contribution in [0.2, 0.25) is 0 Å². The van der Waals surface area contributed by atoms with Crippen molar-refractivity contribution < 1.29 is 4.79 Å². The monoisotopic (exact) mass is 268 g/mol. The Labute approximate surface area is 111 Å². The molecule has 0 atom stereocenters. The Morgan fingerprint density at radius 2 is 2.33 bits per heavy atom. The Bertz CT molecular complexity index is 360. The molecule has 0 unspecified atom stereocenters. The van der Waals surface area contributed by atoms with E-state index in [2.05, 4.69) is 15.2 Å². The van der Waals surface area contributed by atoms with Crippen molar-refractivity contribution in [2.24, 2.45) is 5.73 Å². The van der Waals surface area contributed by atoms with Crippen LogP contribution in [-0.2, 0) is 11.2 Å². The number of rotatable bonds is 5. The highest BCUT2D eigenvalue weighted by Gasteiger charge is 2.17. The zero-order valence-electron chi connectivity index (χ0n) is 10.5. The first-order chi connectivity index (χ1) is 8.74. The Balaban J connectivity index is 1.60. The summed E-state index contributed by atoms with van der Waals surface area (Å²) in [5.74, 6) is 0.0991. The number of piperidine rings is 1. The second-order valence-electron chi connectivity index (χ2n) is 4.64. The van der Waals surface area contributed by atoms with Gasteiger partial charge in [-0.3, -0.25) is 9.69 Å². The highest BCUT2D eigenvalue weighted by Crippen LogP contribution is 2.07. The van der Waals surface area contributed by atoms with Gasteiger partial charge in [0.25, 0.3) is 0 Å². The topological polar surface area (TPSA) is 71.2 Å². The zero-order valence-corrected chi connectivity index (χ0v) is 11.3. The van der Waals surface area contributed by atoms with Crippen molar-refractivity contribution in [3.63, 3.8) is 0 Å². The number of nitrogens with zero attached hydrogens (tertiary/aromatic N) is 2. The quantitative estimate of drug-likeness (QED) is 0.801. The number of nitrogens with one attached hydrogen (secondary N) is 1. The van der Waals surface area contributed by atoms with Gasteiger partial charge < -0.3 is 11.1 Å². The van der Waals surface area contributed by atoms with Crippen LogP contribution < -0.4 is 11.1 Å². The molecule has 1 saturated heterocycles. The number of thiazole rings is 1. The van der Waals surface area contributed by atoms with Crippen molar-refractivity contribution >= 4 is 17.2 Å². The van der Waals surface area contributed by atoms with Crippen molar-refractivity contribution in [1.29, 1.82) is 0 Å². The summed E-state index contributed by atoms with van der Waals surface area (Å²) in [5, 5.41) is 5.96. The van der Waals surface area contributed by atoms with Crippen LogP contribution in [0.25, 0.3) is 0 Å². The van der Waals surface area contributed by atoms with Crippen LogP contribution in [0.1, 0.15) is 17.8 Å². The fourth-order valence-electron chi connectivity index (χ4n) is 2.06. The lowest BCUT2D eigenvalue weighted by Gasteiger charge is -2.29. The van der Waals surface area contributed by atoms with E-state index in [0.717, 1.165) is 37.4 Å². The van der Waals surface area contributed by atoms with Crippen LogP contribution in [0.3, 0.4) is 0 Å². The van der Waals surface area contributed by atoms with Crippen molar-refractivity contribution in [1.82, 2.24) is 15.2 Å². The number of amides is 1. The fraction of sp³-hybridized carbons (Fsp3) is 0.667. The first kappa shape index (κ1) is 13.5. The molecule has 2 heterocycles. The largest absolute Gasteiger partial charge is 0.355 e. The molecule has 1 amide bonds. The summed E-state index contributed by atoms with van der Waals surface area (Å²) in [6, 6.07) is 0.314. The normalized spacial score (nSPS) is 17.8. The molecule has 0 spiro atoms. The summed E-state index contributed by atoms with van der Waals surface area (Å²) >= 11 is 1.62. The van der Waals surface area contributed by atoms with Crippen LogP contribution >= 0.6 is 11.3 Å². The van der Waals surface area contributed by atoms with E-state index < -0.39 is 0 Å². The Kier molecular flexibility index (Phi) is 5.10. The first-order valence-corrected chi connectivity index (χ1v) is 7.25. The molecule has 0 radical (unpaired) electrons. The van der Waals surface area contributed by atoms with Crippen LogP contribution in [0, 0.1) is 0 Å². The minimum Gasteiger partial charge on any atom is -0.355 e. The van der Waals surface area contributed by atoms with Gasteiger partial charge in [0.05, 0.1) is 11.6 Å². The van der Waals surface area contributed by atoms with Gasteiger partial charge in [-0.05, 0) is 12.8 Å². The van der Waals surface area contributed by atoms with Gasteiger partial charge in [-0.15, -0.1) is 11.3 Å². The number of hydrogen-bond donors (Lipinski definition) is 2. The first-order valence-electron chi connectivity index (χ1n) is 6.37. The van der Waals surface area contributed by atoms with E-state index in [1.165, 1.54) is 0 Å².